The molecule has 1 aliphatic carbocycles. The normalized spacial score (nSPS) is 16.6. The fourth-order valence-electron chi connectivity index (χ4n) is 2.87. The lowest BCUT2D eigenvalue weighted by Crippen LogP contribution is -2.33. The third kappa shape index (κ3) is 2.83. The van der Waals surface area contributed by atoms with Crippen LogP contribution in [0.4, 0.5) is 5.69 Å². The van der Waals surface area contributed by atoms with Crippen molar-refractivity contribution < 1.29 is 0 Å². The molecule has 0 spiro atoms. The average Bonchev–Trinajstić information content (AvgIpc) is 2.38. The Bertz CT molecular complexity index is 436. The van der Waals surface area contributed by atoms with E-state index in [-0.39, 0.29) is 0 Å². The van der Waals surface area contributed by atoms with Crippen LogP contribution in [0.3, 0.4) is 0 Å². The lowest BCUT2D eigenvalue weighted by Gasteiger charge is -2.34. The lowest BCUT2D eigenvalue weighted by molar-refractivity contribution is 0.427. The largest absolute Gasteiger partial charge is 0.389 e. The molecular weight excluding hydrogens is 240 g/mol. The van der Waals surface area contributed by atoms with E-state index in [9.17, 15) is 0 Å². The molecule has 3 heteroatoms. The van der Waals surface area contributed by atoms with Crippen LogP contribution in [0.15, 0.2) is 18.2 Å². The second kappa shape index (κ2) is 5.70. The van der Waals surface area contributed by atoms with Crippen LogP contribution in [0.1, 0.15) is 43.2 Å². The number of thiocarbonyl (C=S) groups is 1. The maximum atomic E-state index is 5.67. The van der Waals surface area contributed by atoms with E-state index in [1.807, 2.05) is 6.07 Å². The third-order valence-electron chi connectivity index (χ3n) is 3.98. The molecule has 0 aliphatic heterocycles. The molecule has 0 bridgehead atoms. The van der Waals surface area contributed by atoms with Gasteiger partial charge in [0.1, 0.15) is 4.99 Å². The van der Waals surface area contributed by atoms with Crippen LogP contribution in [-0.2, 0) is 0 Å². The molecule has 1 aromatic rings. The van der Waals surface area contributed by atoms with Gasteiger partial charge in [0.2, 0.25) is 0 Å². The summed E-state index contributed by atoms with van der Waals surface area (Å²) in [5.74, 6) is 0. The molecule has 0 radical (unpaired) electrons. The molecule has 98 valence electrons. The third-order valence-corrected chi connectivity index (χ3v) is 4.22. The average molecular weight is 262 g/mol. The van der Waals surface area contributed by atoms with E-state index in [0.717, 1.165) is 5.56 Å². The first-order chi connectivity index (χ1) is 8.59. The van der Waals surface area contributed by atoms with E-state index in [2.05, 4.69) is 31.0 Å². The first kappa shape index (κ1) is 13.3. The molecule has 18 heavy (non-hydrogen) atoms. The van der Waals surface area contributed by atoms with Crippen LogP contribution < -0.4 is 10.6 Å². The minimum atomic E-state index is 0.477. The van der Waals surface area contributed by atoms with Gasteiger partial charge >= 0.3 is 0 Å². The number of rotatable bonds is 3. The Kier molecular flexibility index (Phi) is 4.23. The Hall–Kier alpha value is -1.09. The van der Waals surface area contributed by atoms with Gasteiger partial charge in [-0.2, -0.15) is 0 Å². The minimum Gasteiger partial charge on any atom is -0.389 e. The zero-order valence-corrected chi connectivity index (χ0v) is 12.1. The summed E-state index contributed by atoms with van der Waals surface area (Å²) in [5, 5.41) is 0. The second-order valence-corrected chi connectivity index (χ2v) is 5.71. The number of benzene rings is 1. The second-order valence-electron chi connectivity index (χ2n) is 5.27. The lowest BCUT2D eigenvalue weighted by atomic mass is 9.93. The predicted molar refractivity (Wildman–Crippen MR) is 82.3 cm³/mol. The first-order valence-electron chi connectivity index (χ1n) is 6.73. The summed E-state index contributed by atoms with van der Waals surface area (Å²) >= 11 is 5.02. The molecule has 0 unspecified atom stereocenters. The Morgan fingerprint density at radius 2 is 1.94 bits per heavy atom. The highest BCUT2D eigenvalue weighted by molar-refractivity contribution is 7.80. The molecule has 1 aromatic carbocycles. The van der Waals surface area contributed by atoms with Crippen molar-refractivity contribution in [2.45, 2.75) is 45.1 Å². The summed E-state index contributed by atoms with van der Waals surface area (Å²) in [6.07, 6.45) is 6.74. The van der Waals surface area contributed by atoms with Crippen LogP contribution in [0.2, 0.25) is 0 Å². The fraction of sp³-hybridized carbons (Fsp3) is 0.533. The molecule has 1 saturated carbocycles. The predicted octanol–water partition coefficient (Wildman–Crippen LogP) is 3.40. The quantitative estimate of drug-likeness (QED) is 0.847. The van der Waals surface area contributed by atoms with Gasteiger partial charge in [-0.3, -0.25) is 0 Å². The van der Waals surface area contributed by atoms with Crippen molar-refractivity contribution in [2.75, 3.05) is 11.9 Å². The Morgan fingerprint density at radius 1 is 1.28 bits per heavy atom. The van der Waals surface area contributed by atoms with Crippen LogP contribution in [-0.4, -0.2) is 18.1 Å². The molecule has 0 amide bonds. The summed E-state index contributed by atoms with van der Waals surface area (Å²) in [7, 11) is 2.21. The molecular formula is C15H22N2S. The van der Waals surface area contributed by atoms with Crippen molar-refractivity contribution in [3.63, 3.8) is 0 Å². The highest BCUT2D eigenvalue weighted by Crippen LogP contribution is 2.28. The van der Waals surface area contributed by atoms with Gasteiger partial charge in [0, 0.05) is 24.3 Å². The number of nitrogens with two attached hydrogens (primary N) is 1. The number of anilines is 1. The maximum absolute atomic E-state index is 5.67. The van der Waals surface area contributed by atoms with Crippen molar-refractivity contribution in [3.8, 4) is 0 Å². The molecule has 0 aromatic heterocycles. The Morgan fingerprint density at radius 3 is 2.50 bits per heavy atom. The van der Waals surface area contributed by atoms with E-state index >= 15 is 0 Å². The Labute approximate surface area is 115 Å². The molecule has 0 atom stereocenters. The van der Waals surface area contributed by atoms with Crippen molar-refractivity contribution in [1.82, 2.24) is 0 Å². The fourth-order valence-corrected chi connectivity index (χ4v) is 3.00. The van der Waals surface area contributed by atoms with Gasteiger partial charge in [0.25, 0.3) is 0 Å². The molecule has 1 fully saturated rings. The SMILES string of the molecule is Cc1cc(C(N)=S)ccc1N(C)C1CCCCC1. The van der Waals surface area contributed by atoms with Gasteiger partial charge in [-0.15, -0.1) is 0 Å². The molecule has 0 heterocycles. The maximum Gasteiger partial charge on any atom is 0.103 e. The minimum absolute atomic E-state index is 0.477. The van der Waals surface area contributed by atoms with E-state index in [0.29, 0.717) is 11.0 Å². The molecule has 1 aliphatic rings. The van der Waals surface area contributed by atoms with Crippen molar-refractivity contribution >= 4 is 22.9 Å². The van der Waals surface area contributed by atoms with Crippen molar-refractivity contribution in [1.29, 1.82) is 0 Å². The number of hydrogen-bond donors (Lipinski definition) is 1. The van der Waals surface area contributed by atoms with Gasteiger partial charge in [-0.25, -0.2) is 0 Å². The van der Waals surface area contributed by atoms with E-state index < -0.39 is 0 Å². The molecule has 0 saturated heterocycles. The summed E-state index contributed by atoms with van der Waals surface area (Å²) in [5.41, 5.74) is 9.20. The summed E-state index contributed by atoms with van der Waals surface area (Å²) < 4.78 is 0. The summed E-state index contributed by atoms with van der Waals surface area (Å²) in [6.45, 7) is 2.14. The van der Waals surface area contributed by atoms with E-state index in [1.54, 1.807) is 0 Å². The first-order valence-corrected chi connectivity index (χ1v) is 7.13. The highest BCUT2D eigenvalue weighted by Gasteiger charge is 2.19. The zero-order valence-electron chi connectivity index (χ0n) is 11.3. The summed E-state index contributed by atoms with van der Waals surface area (Å²) in [6, 6.07) is 6.97. The number of aryl methyl sites for hydroxylation is 1. The number of hydrogen-bond acceptors (Lipinski definition) is 2. The van der Waals surface area contributed by atoms with Crippen LogP contribution in [0, 0.1) is 6.92 Å². The Balaban J connectivity index is 2.19. The smallest absolute Gasteiger partial charge is 0.103 e. The summed E-state index contributed by atoms with van der Waals surface area (Å²) in [4.78, 5) is 2.91. The van der Waals surface area contributed by atoms with Gasteiger partial charge in [0.15, 0.2) is 0 Å². The van der Waals surface area contributed by atoms with Crippen LogP contribution in [0.5, 0.6) is 0 Å². The van der Waals surface area contributed by atoms with Gasteiger partial charge in [-0.05, 0) is 43.5 Å². The topological polar surface area (TPSA) is 29.3 Å². The molecule has 2 nitrogen and oxygen atoms in total. The van der Waals surface area contributed by atoms with Crippen LogP contribution >= 0.6 is 12.2 Å². The van der Waals surface area contributed by atoms with E-state index in [4.69, 9.17) is 18.0 Å². The van der Waals surface area contributed by atoms with Crippen molar-refractivity contribution in [2.24, 2.45) is 5.73 Å². The van der Waals surface area contributed by atoms with Crippen molar-refractivity contribution in [3.05, 3.63) is 29.3 Å². The zero-order chi connectivity index (χ0) is 13.1. The number of nitrogens with zero attached hydrogens (tertiary/aromatic N) is 1. The monoisotopic (exact) mass is 262 g/mol. The molecule has 2 rings (SSSR count). The standard InChI is InChI=1S/C15H22N2S/c1-11-10-12(15(16)18)8-9-14(11)17(2)13-6-4-3-5-7-13/h8-10,13H,3-7H2,1-2H3,(H2,16,18). The molecule has 2 N–H and O–H groups in total. The van der Waals surface area contributed by atoms with Gasteiger partial charge in [-0.1, -0.05) is 31.5 Å². The van der Waals surface area contributed by atoms with Gasteiger partial charge in [0.05, 0.1) is 0 Å². The van der Waals surface area contributed by atoms with E-state index in [1.165, 1.54) is 43.4 Å². The van der Waals surface area contributed by atoms with Crippen LogP contribution in [0.25, 0.3) is 0 Å². The highest BCUT2D eigenvalue weighted by atomic mass is 32.1. The van der Waals surface area contributed by atoms with Gasteiger partial charge < -0.3 is 10.6 Å².